The second-order valence-corrected chi connectivity index (χ2v) is 4.07. The van der Waals surface area contributed by atoms with E-state index >= 15 is 0 Å². The fraction of sp³-hybridized carbons (Fsp3) is 0.556. The summed E-state index contributed by atoms with van der Waals surface area (Å²) in [4.78, 5) is 11.5. The number of halogens is 2. The minimum absolute atomic E-state index is 0.0213. The van der Waals surface area contributed by atoms with Gasteiger partial charge in [-0.2, -0.15) is 5.10 Å². The van der Waals surface area contributed by atoms with Gasteiger partial charge >= 0.3 is 5.97 Å². The average Bonchev–Trinajstić information content (AvgIpc) is 2.56. The Morgan fingerprint density at radius 1 is 1.81 bits per heavy atom. The number of hydrogen-bond acceptors (Lipinski definition) is 4. The van der Waals surface area contributed by atoms with E-state index in [1.807, 2.05) is 0 Å². The molecular formula is C9H10BrFN2O3. The van der Waals surface area contributed by atoms with Crippen LogP contribution in [0.25, 0.3) is 0 Å². The first kappa shape index (κ1) is 11.4. The topological polar surface area (TPSA) is 53.3 Å². The Morgan fingerprint density at radius 3 is 3.25 bits per heavy atom. The predicted octanol–water partition coefficient (Wildman–Crippen LogP) is 1.55. The van der Waals surface area contributed by atoms with E-state index in [0.717, 1.165) is 0 Å². The molecule has 0 aromatic carbocycles. The van der Waals surface area contributed by atoms with Gasteiger partial charge in [-0.1, -0.05) is 0 Å². The van der Waals surface area contributed by atoms with E-state index in [-0.39, 0.29) is 25.5 Å². The van der Waals surface area contributed by atoms with Gasteiger partial charge in [0.05, 0.1) is 13.2 Å². The van der Waals surface area contributed by atoms with E-state index in [1.54, 1.807) is 6.92 Å². The van der Waals surface area contributed by atoms with Crippen molar-refractivity contribution in [2.75, 3.05) is 13.2 Å². The molecule has 0 saturated carbocycles. The highest BCUT2D eigenvalue weighted by Gasteiger charge is 2.28. The van der Waals surface area contributed by atoms with Crippen molar-refractivity contribution in [3.63, 3.8) is 0 Å². The molecule has 1 aromatic rings. The number of nitrogens with zero attached hydrogens (tertiary/aromatic N) is 2. The van der Waals surface area contributed by atoms with Crippen molar-refractivity contribution in [3.8, 4) is 5.88 Å². The Labute approximate surface area is 99.6 Å². The molecule has 0 aliphatic carbocycles. The van der Waals surface area contributed by atoms with Crippen LogP contribution in [0.1, 0.15) is 17.4 Å². The summed E-state index contributed by atoms with van der Waals surface area (Å²) in [6.07, 6.45) is -1.10. The highest BCUT2D eigenvalue weighted by Crippen LogP contribution is 2.32. The van der Waals surface area contributed by atoms with Gasteiger partial charge in [-0.25, -0.2) is 13.9 Å². The lowest BCUT2D eigenvalue weighted by Gasteiger charge is -2.18. The number of fused-ring (bicyclic) bond motifs is 1. The average molecular weight is 293 g/mol. The van der Waals surface area contributed by atoms with Gasteiger partial charge in [0.1, 0.15) is 11.1 Å². The van der Waals surface area contributed by atoms with Crippen LogP contribution in [0, 0.1) is 0 Å². The van der Waals surface area contributed by atoms with Crippen LogP contribution >= 0.6 is 15.9 Å². The Morgan fingerprint density at radius 2 is 2.56 bits per heavy atom. The Hall–Kier alpha value is -1.11. The summed E-state index contributed by atoms with van der Waals surface area (Å²) < 4.78 is 24.7. The summed E-state index contributed by atoms with van der Waals surface area (Å²) in [5.41, 5.74) is 0.117. The lowest BCUT2D eigenvalue weighted by atomic mass is 10.4. The normalized spacial score (nSPS) is 18.8. The van der Waals surface area contributed by atoms with Crippen LogP contribution in [-0.2, 0) is 11.3 Å². The summed E-state index contributed by atoms with van der Waals surface area (Å²) >= 11 is 3.20. The molecule has 0 N–H and O–H groups in total. The summed E-state index contributed by atoms with van der Waals surface area (Å²) in [7, 11) is 0. The molecule has 0 amide bonds. The van der Waals surface area contributed by atoms with Crippen molar-refractivity contribution in [1.82, 2.24) is 9.78 Å². The van der Waals surface area contributed by atoms with Crippen LogP contribution < -0.4 is 4.74 Å². The zero-order chi connectivity index (χ0) is 11.7. The van der Waals surface area contributed by atoms with Crippen molar-refractivity contribution in [3.05, 3.63) is 10.2 Å². The molecule has 88 valence electrons. The summed E-state index contributed by atoms with van der Waals surface area (Å²) in [6.45, 7) is 2.04. The van der Waals surface area contributed by atoms with Crippen LogP contribution in [0.4, 0.5) is 4.39 Å². The first-order chi connectivity index (χ1) is 7.63. The maximum Gasteiger partial charge on any atom is 0.360 e. The first-order valence-corrected chi connectivity index (χ1v) is 5.63. The monoisotopic (exact) mass is 292 g/mol. The van der Waals surface area contributed by atoms with Gasteiger partial charge in [0.25, 0.3) is 0 Å². The van der Waals surface area contributed by atoms with Gasteiger partial charge in [0.15, 0.2) is 11.9 Å². The van der Waals surface area contributed by atoms with Crippen LogP contribution in [0.15, 0.2) is 4.47 Å². The molecule has 0 bridgehead atoms. The summed E-state index contributed by atoms with van der Waals surface area (Å²) in [5.74, 6) is -0.174. The molecule has 7 heteroatoms. The number of esters is 1. The molecule has 0 spiro atoms. The van der Waals surface area contributed by atoms with Gasteiger partial charge in [-0.3, -0.25) is 0 Å². The third-order valence-corrected chi connectivity index (χ3v) is 2.81. The second kappa shape index (κ2) is 4.40. The second-order valence-electron chi connectivity index (χ2n) is 3.28. The lowest BCUT2D eigenvalue weighted by Crippen LogP contribution is -2.26. The Bertz CT molecular complexity index is 421. The molecule has 5 nitrogen and oxygen atoms in total. The van der Waals surface area contributed by atoms with Crippen molar-refractivity contribution in [2.45, 2.75) is 19.6 Å². The highest BCUT2D eigenvalue weighted by atomic mass is 79.9. The van der Waals surface area contributed by atoms with Crippen molar-refractivity contribution in [1.29, 1.82) is 0 Å². The molecule has 0 fully saturated rings. The van der Waals surface area contributed by atoms with Crippen LogP contribution in [0.5, 0.6) is 5.88 Å². The smallest absolute Gasteiger partial charge is 0.360 e. The minimum Gasteiger partial charge on any atom is -0.474 e. The van der Waals surface area contributed by atoms with E-state index in [1.165, 1.54) is 4.68 Å². The number of rotatable bonds is 2. The van der Waals surface area contributed by atoms with E-state index in [4.69, 9.17) is 9.47 Å². The first-order valence-electron chi connectivity index (χ1n) is 4.83. The van der Waals surface area contributed by atoms with E-state index in [9.17, 15) is 9.18 Å². The maximum atomic E-state index is 13.0. The quantitative estimate of drug-likeness (QED) is 0.776. The number of aromatic nitrogens is 2. The van der Waals surface area contributed by atoms with Crippen molar-refractivity contribution < 1.29 is 18.7 Å². The molecular weight excluding hydrogens is 283 g/mol. The van der Waals surface area contributed by atoms with E-state index < -0.39 is 12.1 Å². The fourth-order valence-corrected chi connectivity index (χ4v) is 1.99. The largest absolute Gasteiger partial charge is 0.474 e. The summed E-state index contributed by atoms with van der Waals surface area (Å²) in [5, 5.41) is 3.95. The molecule has 2 rings (SSSR count). The zero-order valence-electron chi connectivity index (χ0n) is 8.57. The van der Waals surface area contributed by atoms with Gasteiger partial charge in [-0.05, 0) is 22.9 Å². The lowest BCUT2D eigenvalue weighted by molar-refractivity contribution is 0.0516. The molecule has 1 atom stereocenters. The molecule has 0 radical (unpaired) electrons. The van der Waals surface area contributed by atoms with Gasteiger partial charge in [0.2, 0.25) is 5.88 Å². The number of carbonyl (C=O) groups is 1. The zero-order valence-corrected chi connectivity index (χ0v) is 10.2. The third kappa shape index (κ3) is 1.91. The highest BCUT2D eigenvalue weighted by molar-refractivity contribution is 9.10. The van der Waals surface area contributed by atoms with Crippen LogP contribution in [0.3, 0.4) is 0 Å². The summed E-state index contributed by atoms with van der Waals surface area (Å²) in [6, 6.07) is 0. The molecule has 2 heterocycles. The van der Waals surface area contributed by atoms with Gasteiger partial charge < -0.3 is 9.47 Å². The molecule has 1 aliphatic heterocycles. The fourth-order valence-electron chi connectivity index (χ4n) is 1.43. The van der Waals surface area contributed by atoms with Gasteiger partial charge in [0, 0.05) is 0 Å². The molecule has 0 saturated heterocycles. The van der Waals surface area contributed by atoms with E-state index in [2.05, 4.69) is 21.0 Å². The maximum absolute atomic E-state index is 13.0. The van der Waals surface area contributed by atoms with Gasteiger partial charge in [-0.15, -0.1) is 0 Å². The molecule has 1 aromatic heterocycles. The van der Waals surface area contributed by atoms with Crippen molar-refractivity contribution >= 4 is 21.9 Å². The van der Waals surface area contributed by atoms with Crippen LogP contribution in [-0.4, -0.2) is 35.1 Å². The van der Waals surface area contributed by atoms with Crippen LogP contribution in [0.2, 0.25) is 0 Å². The Kier molecular flexibility index (Phi) is 3.13. The SMILES string of the molecule is CCOC(=O)c1nn2c(c1Br)OC[C@@H](F)C2. The Balaban J connectivity index is 2.32. The van der Waals surface area contributed by atoms with E-state index in [0.29, 0.717) is 10.4 Å². The standard InChI is InChI=1S/C9H10BrFN2O3/c1-2-15-9(14)7-6(10)8-13(12-7)3-5(11)4-16-8/h5H,2-4H2,1H3/t5-/m0/s1. The third-order valence-electron chi connectivity index (χ3n) is 2.09. The molecule has 0 unspecified atom stereocenters. The molecule has 1 aliphatic rings. The number of hydrogen-bond donors (Lipinski definition) is 0. The minimum atomic E-state index is -1.10. The number of carbonyl (C=O) groups excluding carboxylic acids is 1. The van der Waals surface area contributed by atoms with Crippen molar-refractivity contribution in [2.24, 2.45) is 0 Å². The predicted molar refractivity (Wildman–Crippen MR) is 56.3 cm³/mol. The molecule has 16 heavy (non-hydrogen) atoms. The number of ether oxygens (including phenoxy) is 2. The number of alkyl halides is 1.